The molecule has 9 heteroatoms. The van der Waals surface area contributed by atoms with Gasteiger partial charge in [-0.2, -0.15) is 17.9 Å². The second-order valence-electron chi connectivity index (χ2n) is 8.15. The molecule has 1 aliphatic heterocycles. The summed E-state index contributed by atoms with van der Waals surface area (Å²) < 4.78 is 46.2. The molecule has 0 amide bonds. The fourth-order valence-electron chi connectivity index (χ4n) is 4.18. The first kappa shape index (κ1) is 22.1. The number of likely N-dealkylation sites (tertiary alicyclic amines) is 1. The number of aryl methyl sites for hydroxylation is 1. The number of methoxy groups -OCH3 is 1. The van der Waals surface area contributed by atoms with Crippen LogP contribution in [0.25, 0.3) is 5.69 Å². The predicted molar refractivity (Wildman–Crippen MR) is 114 cm³/mol. The molecule has 1 N–H and O–H groups in total. The molecule has 1 aliphatic rings. The minimum absolute atomic E-state index is 0.00323. The summed E-state index contributed by atoms with van der Waals surface area (Å²) in [5.41, 5.74) is 0.562. The molecule has 2 heterocycles. The average Bonchev–Trinajstić information content (AvgIpc) is 3.16. The molecular formula is C23H25F3N4O2. The fraction of sp³-hybridized carbons (Fsp3) is 0.391. The smallest absolute Gasteiger partial charge is 0.416 e. The van der Waals surface area contributed by atoms with E-state index in [9.17, 15) is 18.0 Å². The van der Waals surface area contributed by atoms with Crippen LogP contribution in [0.4, 0.5) is 13.2 Å². The second kappa shape index (κ2) is 8.82. The molecule has 0 radical (unpaired) electrons. The number of hydrogen-bond acceptors (Lipinski definition) is 4. The highest BCUT2D eigenvalue weighted by Crippen LogP contribution is 2.33. The molecule has 6 nitrogen and oxygen atoms in total. The Hall–Kier alpha value is -3.07. The van der Waals surface area contributed by atoms with Crippen LogP contribution in [0.1, 0.15) is 41.3 Å². The maximum atomic E-state index is 13.2. The lowest BCUT2D eigenvalue weighted by Gasteiger charge is -2.31. The Morgan fingerprint density at radius 1 is 1.19 bits per heavy atom. The number of piperidine rings is 1. The molecule has 1 atom stereocenters. The minimum Gasteiger partial charge on any atom is -0.497 e. The number of H-pyrrole nitrogens is 1. The van der Waals surface area contributed by atoms with Gasteiger partial charge in [0.2, 0.25) is 0 Å². The van der Waals surface area contributed by atoms with Gasteiger partial charge in [0.05, 0.1) is 18.4 Å². The van der Waals surface area contributed by atoms with E-state index in [1.165, 1.54) is 23.7 Å². The van der Waals surface area contributed by atoms with Gasteiger partial charge in [-0.1, -0.05) is 12.1 Å². The van der Waals surface area contributed by atoms with Crippen molar-refractivity contribution in [1.82, 2.24) is 19.7 Å². The highest BCUT2D eigenvalue weighted by molar-refractivity contribution is 5.36. The Morgan fingerprint density at radius 3 is 2.62 bits per heavy atom. The van der Waals surface area contributed by atoms with E-state index in [4.69, 9.17) is 4.74 Å². The quantitative estimate of drug-likeness (QED) is 0.636. The van der Waals surface area contributed by atoms with Gasteiger partial charge in [0.15, 0.2) is 0 Å². The summed E-state index contributed by atoms with van der Waals surface area (Å²) in [7, 11) is 1.57. The Kier molecular flexibility index (Phi) is 6.10. The number of halogens is 3. The maximum Gasteiger partial charge on any atom is 0.416 e. The summed E-state index contributed by atoms with van der Waals surface area (Å²) in [5.74, 6) is 1.28. The van der Waals surface area contributed by atoms with Gasteiger partial charge in [0, 0.05) is 19.0 Å². The van der Waals surface area contributed by atoms with Gasteiger partial charge in [0.25, 0.3) is 0 Å². The summed E-state index contributed by atoms with van der Waals surface area (Å²) in [5, 5.41) is 4.49. The first-order valence-corrected chi connectivity index (χ1v) is 10.5. The first-order valence-electron chi connectivity index (χ1n) is 10.5. The number of rotatable bonds is 5. The summed E-state index contributed by atoms with van der Waals surface area (Å²) in [6, 6.07) is 11.5. The van der Waals surface area contributed by atoms with Crippen molar-refractivity contribution in [3.05, 3.63) is 75.5 Å². The number of nitrogens with zero attached hydrogens (tertiary/aromatic N) is 3. The van der Waals surface area contributed by atoms with Crippen molar-refractivity contribution in [2.45, 2.75) is 38.4 Å². The van der Waals surface area contributed by atoms with Crippen LogP contribution in [0.15, 0.2) is 47.3 Å². The van der Waals surface area contributed by atoms with E-state index in [0.717, 1.165) is 19.4 Å². The predicted octanol–water partition coefficient (Wildman–Crippen LogP) is 4.28. The summed E-state index contributed by atoms with van der Waals surface area (Å²) in [6.07, 6.45) is -2.63. The number of benzene rings is 2. The Balaban J connectivity index is 1.49. The van der Waals surface area contributed by atoms with Gasteiger partial charge in [-0.3, -0.25) is 9.88 Å². The minimum atomic E-state index is -4.36. The van der Waals surface area contributed by atoms with Crippen molar-refractivity contribution in [3.63, 3.8) is 0 Å². The molecule has 2 aromatic carbocycles. The highest BCUT2D eigenvalue weighted by atomic mass is 19.4. The summed E-state index contributed by atoms with van der Waals surface area (Å²) >= 11 is 0. The molecule has 1 saturated heterocycles. The van der Waals surface area contributed by atoms with Crippen LogP contribution in [0, 0.1) is 6.92 Å². The van der Waals surface area contributed by atoms with E-state index >= 15 is 0 Å². The van der Waals surface area contributed by atoms with Crippen molar-refractivity contribution in [2.24, 2.45) is 0 Å². The third kappa shape index (κ3) is 4.72. The van der Waals surface area contributed by atoms with Crippen LogP contribution in [0.2, 0.25) is 0 Å². The lowest BCUT2D eigenvalue weighted by molar-refractivity contribution is -0.138. The van der Waals surface area contributed by atoms with Gasteiger partial charge in [-0.15, -0.1) is 5.10 Å². The molecule has 4 rings (SSSR count). The molecule has 0 aliphatic carbocycles. The van der Waals surface area contributed by atoms with Crippen LogP contribution < -0.4 is 10.4 Å². The normalized spacial score (nSPS) is 17.5. The molecule has 0 spiro atoms. The lowest BCUT2D eigenvalue weighted by atomic mass is 9.96. The zero-order valence-electron chi connectivity index (χ0n) is 17.9. The van der Waals surface area contributed by atoms with Gasteiger partial charge in [-0.25, -0.2) is 4.79 Å². The van der Waals surface area contributed by atoms with Crippen LogP contribution in [-0.2, 0) is 12.7 Å². The number of ether oxygens (including phenoxy) is 1. The monoisotopic (exact) mass is 446 g/mol. The lowest BCUT2D eigenvalue weighted by Crippen LogP contribution is -2.34. The summed E-state index contributed by atoms with van der Waals surface area (Å²) in [4.78, 5) is 17.4. The van der Waals surface area contributed by atoms with E-state index in [2.05, 4.69) is 15.0 Å². The topological polar surface area (TPSA) is 63.1 Å². The SMILES string of the molecule is COc1ccc(-n2nc(C3CCCN(Cc4ccc(C)c(C(F)(F)F)c4)C3)[nH]c2=O)cc1. The fourth-order valence-corrected chi connectivity index (χ4v) is 4.18. The van der Waals surface area contributed by atoms with Crippen molar-refractivity contribution in [3.8, 4) is 11.4 Å². The van der Waals surface area contributed by atoms with Crippen LogP contribution >= 0.6 is 0 Å². The number of aromatic nitrogens is 3. The van der Waals surface area contributed by atoms with Gasteiger partial charge >= 0.3 is 11.9 Å². The Bertz CT molecular complexity index is 1140. The van der Waals surface area contributed by atoms with E-state index in [1.807, 2.05) is 0 Å². The van der Waals surface area contributed by atoms with E-state index in [0.29, 0.717) is 35.9 Å². The Labute approximate surface area is 183 Å². The number of aromatic amines is 1. The number of alkyl halides is 3. The highest BCUT2D eigenvalue weighted by Gasteiger charge is 2.33. The van der Waals surface area contributed by atoms with Crippen molar-refractivity contribution >= 4 is 0 Å². The number of hydrogen-bond donors (Lipinski definition) is 1. The molecular weight excluding hydrogens is 421 g/mol. The van der Waals surface area contributed by atoms with Gasteiger partial charge in [0.1, 0.15) is 11.6 Å². The van der Waals surface area contributed by atoms with E-state index in [1.54, 1.807) is 37.4 Å². The average molecular weight is 446 g/mol. The maximum absolute atomic E-state index is 13.2. The van der Waals surface area contributed by atoms with Crippen molar-refractivity contribution < 1.29 is 17.9 Å². The van der Waals surface area contributed by atoms with Crippen LogP contribution in [-0.4, -0.2) is 39.9 Å². The molecule has 32 heavy (non-hydrogen) atoms. The Morgan fingerprint density at radius 2 is 1.94 bits per heavy atom. The van der Waals surface area contributed by atoms with Crippen molar-refractivity contribution in [1.29, 1.82) is 0 Å². The van der Waals surface area contributed by atoms with Gasteiger partial charge < -0.3 is 4.74 Å². The molecule has 170 valence electrons. The van der Waals surface area contributed by atoms with Gasteiger partial charge in [-0.05, 0) is 67.8 Å². The largest absolute Gasteiger partial charge is 0.497 e. The summed E-state index contributed by atoms with van der Waals surface area (Å²) in [6.45, 7) is 3.29. The zero-order valence-corrected chi connectivity index (χ0v) is 17.9. The molecule has 0 saturated carbocycles. The second-order valence-corrected chi connectivity index (χ2v) is 8.15. The van der Waals surface area contributed by atoms with Crippen LogP contribution in [0.3, 0.4) is 0 Å². The molecule has 1 fully saturated rings. The first-order chi connectivity index (χ1) is 15.2. The van der Waals surface area contributed by atoms with Crippen LogP contribution in [0.5, 0.6) is 5.75 Å². The third-order valence-electron chi connectivity index (χ3n) is 5.86. The molecule has 0 bridgehead atoms. The molecule has 3 aromatic rings. The molecule has 1 aromatic heterocycles. The standard InChI is InChI=1S/C23H25F3N4O2/c1-15-5-6-16(12-20(15)23(24,25)26)13-29-11-3-4-17(14-29)21-27-22(31)30(28-21)18-7-9-19(32-2)10-8-18/h5-10,12,17H,3-4,11,13-14H2,1-2H3,(H,27,28,31). The number of nitrogens with one attached hydrogen (secondary N) is 1. The third-order valence-corrected chi connectivity index (χ3v) is 5.86. The zero-order chi connectivity index (χ0) is 22.9. The van der Waals surface area contributed by atoms with E-state index < -0.39 is 11.7 Å². The molecule has 1 unspecified atom stereocenters. The van der Waals surface area contributed by atoms with E-state index in [-0.39, 0.29) is 17.2 Å². The van der Waals surface area contributed by atoms with Crippen molar-refractivity contribution in [2.75, 3.05) is 20.2 Å².